The maximum Gasteiger partial charge on any atom is 0.311 e. The van der Waals surface area contributed by atoms with Gasteiger partial charge in [0, 0.05) is 0 Å². The first-order valence-electron chi connectivity index (χ1n) is 15.5. The Morgan fingerprint density at radius 1 is 0.590 bits per heavy atom. The molecule has 2 aromatic carbocycles. The Kier molecular flexibility index (Phi) is 8.14. The molecule has 0 N–H and O–H groups in total. The van der Waals surface area contributed by atoms with E-state index in [0.29, 0.717) is 24.4 Å². The summed E-state index contributed by atoms with van der Waals surface area (Å²) in [5.41, 5.74) is 0. The molecule has 7 heteroatoms. The zero-order valence-corrected chi connectivity index (χ0v) is 27.4. The highest BCUT2D eigenvalue weighted by Gasteiger charge is 2.48. The first-order valence-corrected chi connectivity index (χ1v) is 23.6. The molecule has 2 saturated heterocycles. The van der Waals surface area contributed by atoms with Gasteiger partial charge in [-0.1, -0.05) is 73.5 Å². The normalized spacial score (nSPS) is 32.8. The zero-order valence-electron chi connectivity index (χ0n) is 24.4. The number of benzene rings is 2. The van der Waals surface area contributed by atoms with E-state index in [-0.39, 0.29) is 0 Å². The highest BCUT2D eigenvalue weighted by atomic mass is 28.5. The number of epoxide rings is 2. The van der Waals surface area contributed by atoms with Crippen molar-refractivity contribution in [3.05, 3.63) is 60.7 Å². The van der Waals surface area contributed by atoms with Gasteiger partial charge in [-0.05, 0) is 99.0 Å². The molecule has 39 heavy (non-hydrogen) atoms. The fourth-order valence-corrected chi connectivity index (χ4v) is 22.9. The summed E-state index contributed by atoms with van der Waals surface area (Å²) >= 11 is 0. The third-order valence-corrected chi connectivity index (χ3v) is 23.1. The van der Waals surface area contributed by atoms with Gasteiger partial charge in [-0.15, -0.1) is 0 Å². The van der Waals surface area contributed by atoms with Gasteiger partial charge >= 0.3 is 8.56 Å². The summed E-state index contributed by atoms with van der Waals surface area (Å²) in [4.78, 5) is 0. The number of rotatable bonds is 12. The Morgan fingerprint density at radius 3 is 1.38 bits per heavy atom. The van der Waals surface area contributed by atoms with Crippen LogP contribution in [0.1, 0.15) is 51.4 Å². The first-order chi connectivity index (χ1) is 18.7. The van der Waals surface area contributed by atoms with Crippen LogP contribution in [0, 0.1) is 11.8 Å². The van der Waals surface area contributed by atoms with Crippen LogP contribution in [-0.4, -0.2) is 49.6 Å². The molecule has 2 aromatic rings. The van der Waals surface area contributed by atoms with Gasteiger partial charge in [-0.3, -0.25) is 0 Å². The van der Waals surface area contributed by atoms with Crippen molar-refractivity contribution in [1.29, 1.82) is 0 Å². The molecule has 4 aliphatic rings. The van der Waals surface area contributed by atoms with Crippen LogP contribution in [0.3, 0.4) is 0 Å². The largest absolute Gasteiger partial charge is 0.432 e. The molecule has 8 atom stereocenters. The van der Waals surface area contributed by atoms with Crippen LogP contribution in [0.4, 0.5) is 0 Å². The number of hydrogen-bond donors (Lipinski definition) is 0. The molecule has 2 saturated carbocycles. The Bertz CT molecular complexity index is 1020. The van der Waals surface area contributed by atoms with Crippen LogP contribution in [-0.2, 0) is 17.7 Å². The van der Waals surface area contributed by atoms with E-state index in [1.807, 2.05) is 0 Å². The smallest absolute Gasteiger partial charge is 0.311 e. The van der Waals surface area contributed by atoms with Gasteiger partial charge in [0.15, 0.2) is 0 Å². The van der Waals surface area contributed by atoms with Crippen LogP contribution in [0.2, 0.25) is 38.3 Å². The molecule has 0 amide bonds. The van der Waals surface area contributed by atoms with Gasteiger partial charge in [0.05, 0.1) is 24.4 Å². The van der Waals surface area contributed by atoms with E-state index in [9.17, 15) is 0 Å². The predicted octanol–water partition coefficient (Wildman–Crippen LogP) is 6.60. The minimum absolute atomic E-state index is 0.544. The summed E-state index contributed by atoms with van der Waals surface area (Å²) in [6, 6.07) is 24.5. The molecule has 4 fully saturated rings. The van der Waals surface area contributed by atoms with Gasteiger partial charge in [0.2, 0.25) is 16.6 Å². The summed E-state index contributed by atoms with van der Waals surface area (Å²) in [5.74, 6) is 1.54. The molecule has 212 valence electrons. The Hall–Kier alpha value is -1.07. The average Bonchev–Trinajstić information content (AvgIpc) is 3.86. The summed E-state index contributed by atoms with van der Waals surface area (Å²) in [6.45, 7) is 9.55. The van der Waals surface area contributed by atoms with Crippen molar-refractivity contribution in [1.82, 2.24) is 0 Å². The number of ether oxygens (including phenoxy) is 2. The molecule has 6 rings (SSSR count). The lowest BCUT2D eigenvalue weighted by molar-refractivity contribution is 0.347. The topological polar surface area (TPSA) is 43.5 Å². The van der Waals surface area contributed by atoms with E-state index in [4.69, 9.17) is 17.7 Å². The van der Waals surface area contributed by atoms with Crippen molar-refractivity contribution < 1.29 is 17.7 Å². The van der Waals surface area contributed by atoms with Gasteiger partial charge in [0.25, 0.3) is 0 Å². The lowest BCUT2D eigenvalue weighted by atomic mass is 9.88. The Morgan fingerprint density at radius 2 is 1.00 bits per heavy atom. The maximum absolute atomic E-state index is 7.41. The van der Waals surface area contributed by atoms with Crippen LogP contribution < -0.4 is 10.4 Å². The second-order valence-corrected chi connectivity index (χ2v) is 25.2. The molecular formula is C32H48O4Si3. The van der Waals surface area contributed by atoms with Crippen LogP contribution in [0.25, 0.3) is 0 Å². The second kappa shape index (κ2) is 11.3. The van der Waals surface area contributed by atoms with Crippen molar-refractivity contribution in [2.75, 3.05) is 0 Å². The van der Waals surface area contributed by atoms with Gasteiger partial charge in [-0.25, -0.2) is 0 Å². The zero-order chi connectivity index (χ0) is 27.1. The third-order valence-electron chi connectivity index (χ3n) is 10.00. The van der Waals surface area contributed by atoms with Crippen molar-refractivity contribution in [2.24, 2.45) is 11.8 Å². The van der Waals surface area contributed by atoms with Gasteiger partial charge < -0.3 is 17.7 Å². The monoisotopic (exact) mass is 580 g/mol. The first kappa shape index (κ1) is 28.1. The highest BCUT2D eigenvalue weighted by Crippen LogP contribution is 2.43. The molecular weight excluding hydrogens is 533 g/mol. The predicted molar refractivity (Wildman–Crippen MR) is 166 cm³/mol. The average molecular weight is 581 g/mol. The van der Waals surface area contributed by atoms with E-state index in [2.05, 4.69) is 86.9 Å². The molecule has 0 bridgehead atoms. The molecule has 0 aromatic heterocycles. The molecule has 2 aliphatic heterocycles. The maximum atomic E-state index is 7.41. The molecule has 0 spiro atoms. The van der Waals surface area contributed by atoms with E-state index >= 15 is 0 Å². The van der Waals surface area contributed by atoms with Crippen molar-refractivity contribution in [3.63, 3.8) is 0 Å². The standard InChI is InChI=1S/C32H48O4Si3/c1-37(2,35-38(3,27-11-7-5-8-12-27)21-19-25-15-17-29-31(23-25)33-29)36-39(4,28-13-9-6-10-14-28)22-20-26-16-18-30-32(24-26)34-30/h5-14,25-26,29-32H,15-24H2,1-4H3. The molecule has 4 nitrogen and oxygen atoms in total. The van der Waals surface area contributed by atoms with Crippen LogP contribution in [0.15, 0.2) is 60.7 Å². The van der Waals surface area contributed by atoms with Gasteiger partial charge in [0.1, 0.15) is 0 Å². The summed E-state index contributed by atoms with van der Waals surface area (Å²) in [6.07, 6.45) is 12.3. The second-order valence-electron chi connectivity index (χ2n) is 13.7. The fourth-order valence-electron chi connectivity index (χ4n) is 7.65. The lowest BCUT2D eigenvalue weighted by Crippen LogP contribution is -2.61. The molecule has 2 aliphatic carbocycles. The third kappa shape index (κ3) is 6.88. The minimum atomic E-state index is -2.45. The number of hydrogen-bond acceptors (Lipinski definition) is 4. The molecule has 0 radical (unpaired) electrons. The molecule has 8 unspecified atom stereocenters. The number of fused-ring (bicyclic) bond motifs is 2. The highest BCUT2D eigenvalue weighted by molar-refractivity contribution is 6.96. The van der Waals surface area contributed by atoms with Crippen molar-refractivity contribution >= 4 is 35.6 Å². The van der Waals surface area contributed by atoms with E-state index in [1.165, 1.54) is 61.7 Å². The Balaban J connectivity index is 1.18. The van der Waals surface area contributed by atoms with E-state index in [1.54, 1.807) is 0 Å². The lowest BCUT2D eigenvalue weighted by Gasteiger charge is -2.42. The minimum Gasteiger partial charge on any atom is -0.432 e. The quantitative estimate of drug-likeness (QED) is 0.210. The fraction of sp³-hybridized carbons (Fsp3) is 0.625. The van der Waals surface area contributed by atoms with Crippen LogP contribution in [0.5, 0.6) is 0 Å². The summed E-state index contributed by atoms with van der Waals surface area (Å²) in [7, 11) is -6.87. The van der Waals surface area contributed by atoms with E-state index in [0.717, 1.165) is 23.9 Å². The summed E-state index contributed by atoms with van der Waals surface area (Å²) < 4.78 is 26.5. The van der Waals surface area contributed by atoms with E-state index < -0.39 is 25.2 Å². The summed E-state index contributed by atoms with van der Waals surface area (Å²) in [5, 5.41) is 2.82. The Labute approximate surface area is 239 Å². The van der Waals surface area contributed by atoms with Crippen molar-refractivity contribution in [3.8, 4) is 0 Å². The van der Waals surface area contributed by atoms with Gasteiger partial charge in [-0.2, -0.15) is 0 Å². The SMILES string of the molecule is C[Si](C)(O[Si](C)(CCC1CCC2OC2C1)c1ccccc1)O[Si](C)(CCC1CCC2OC2C1)c1ccccc1. The van der Waals surface area contributed by atoms with Crippen LogP contribution >= 0.6 is 0 Å². The van der Waals surface area contributed by atoms with Crippen molar-refractivity contribution in [2.45, 2.75) is 114 Å². The molecule has 2 heterocycles.